The molecule has 0 aromatic heterocycles. The summed E-state index contributed by atoms with van der Waals surface area (Å²) in [5.74, 6) is -0.0786. The van der Waals surface area contributed by atoms with Crippen molar-refractivity contribution in [2.45, 2.75) is 33.5 Å². The van der Waals surface area contributed by atoms with Crippen molar-refractivity contribution in [2.75, 3.05) is 18.6 Å². The third kappa shape index (κ3) is 8.13. The van der Waals surface area contributed by atoms with Crippen molar-refractivity contribution in [3.05, 3.63) is 35.9 Å². The van der Waals surface area contributed by atoms with Gasteiger partial charge in [-0.3, -0.25) is 4.18 Å². The summed E-state index contributed by atoms with van der Waals surface area (Å²) in [6.07, 6.45) is -0.479. The first kappa shape index (κ1) is 20.4. The van der Waals surface area contributed by atoms with E-state index >= 15 is 0 Å². The fraction of sp³-hybridized carbons (Fsp3) is 0.625. The molecule has 0 aliphatic heterocycles. The van der Waals surface area contributed by atoms with E-state index in [1.54, 1.807) is 0 Å². The zero-order valence-corrected chi connectivity index (χ0v) is 15.3. The highest BCUT2D eigenvalue weighted by Crippen LogP contribution is 2.20. The summed E-state index contributed by atoms with van der Waals surface area (Å²) < 4.78 is 39.1. The van der Waals surface area contributed by atoms with E-state index in [4.69, 9.17) is 25.3 Å². The van der Waals surface area contributed by atoms with Crippen LogP contribution in [-0.4, -0.2) is 33.1 Å². The maximum absolute atomic E-state index is 11.5. The Morgan fingerprint density at radius 1 is 1.09 bits per heavy atom. The molecule has 7 heteroatoms. The zero-order valence-electron chi connectivity index (χ0n) is 13.8. The minimum absolute atomic E-state index is 0.0248. The third-order valence-corrected chi connectivity index (χ3v) is 4.85. The maximum Gasteiger partial charge on any atom is 0.281 e. The Balaban J connectivity index is 2.33. The van der Waals surface area contributed by atoms with Crippen LogP contribution in [0.25, 0.3) is 0 Å². The molecule has 0 heterocycles. The lowest BCUT2D eigenvalue weighted by Gasteiger charge is -2.26. The van der Waals surface area contributed by atoms with Crippen molar-refractivity contribution >= 4 is 21.7 Å². The average molecular weight is 365 g/mol. The van der Waals surface area contributed by atoms with Gasteiger partial charge in [-0.1, -0.05) is 51.1 Å². The Hall–Kier alpha value is -0.660. The van der Waals surface area contributed by atoms with Gasteiger partial charge in [-0.15, -0.1) is 11.6 Å². The highest BCUT2D eigenvalue weighted by molar-refractivity contribution is 7.87. The highest BCUT2D eigenvalue weighted by atomic mass is 35.5. The van der Waals surface area contributed by atoms with Crippen molar-refractivity contribution in [2.24, 2.45) is 11.8 Å². The molecular formula is C16H25ClO5S. The fourth-order valence-electron chi connectivity index (χ4n) is 2.18. The van der Waals surface area contributed by atoms with Gasteiger partial charge in [0.2, 0.25) is 0 Å². The second-order valence-electron chi connectivity index (χ2n) is 5.77. The van der Waals surface area contributed by atoms with Crippen LogP contribution in [-0.2, 0) is 30.4 Å². The number of benzene rings is 1. The molecule has 0 saturated heterocycles. The lowest BCUT2D eigenvalue weighted by Crippen LogP contribution is -2.33. The van der Waals surface area contributed by atoms with E-state index in [2.05, 4.69) is 0 Å². The van der Waals surface area contributed by atoms with Gasteiger partial charge in [0.1, 0.15) is 12.0 Å². The van der Waals surface area contributed by atoms with Gasteiger partial charge in [-0.05, 0) is 11.5 Å². The van der Waals surface area contributed by atoms with Crippen LogP contribution in [0.15, 0.2) is 30.3 Å². The molecule has 0 aliphatic rings. The molecular weight excluding hydrogens is 340 g/mol. The van der Waals surface area contributed by atoms with Crippen molar-refractivity contribution < 1.29 is 22.1 Å². The second kappa shape index (κ2) is 10.3. The quantitative estimate of drug-likeness (QED) is 0.261. The molecule has 1 aromatic rings. The lowest BCUT2D eigenvalue weighted by molar-refractivity contribution is -0.0819. The van der Waals surface area contributed by atoms with E-state index in [0.29, 0.717) is 13.2 Å². The summed E-state index contributed by atoms with van der Waals surface area (Å²) >= 11 is 5.39. The normalized spacial score (nSPS) is 14.8. The van der Waals surface area contributed by atoms with Crippen LogP contribution in [0.5, 0.6) is 0 Å². The van der Waals surface area contributed by atoms with Gasteiger partial charge >= 0.3 is 0 Å². The Labute approximate surface area is 144 Å². The van der Waals surface area contributed by atoms with E-state index in [-0.39, 0.29) is 18.6 Å². The molecule has 0 aliphatic carbocycles. The summed E-state index contributed by atoms with van der Waals surface area (Å²) in [5, 5.41) is -0.552. The first-order valence-electron chi connectivity index (χ1n) is 7.52. The van der Waals surface area contributed by atoms with Gasteiger partial charge in [0.15, 0.2) is 0 Å². The molecule has 132 valence electrons. The molecule has 23 heavy (non-hydrogen) atoms. The number of rotatable bonds is 11. The summed E-state index contributed by atoms with van der Waals surface area (Å²) in [4.78, 5) is 0. The Bertz CT molecular complexity index is 533. The zero-order chi connectivity index (χ0) is 17.3. The standard InChI is InChI=1S/C16H25ClO5S/c1-13(2)16(22-23(18,19)11-17)14(3)9-20-12-21-10-15-7-5-4-6-8-15/h4-8,13-14,16H,9-12H2,1-3H3/t14-,16+/m0/s1. The first-order valence-corrected chi connectivity index (χ1v) is 9.63. The Morgan fingerprint density at radius 3 is 2.30 bits per heavy atom. The van der Waals surface area contributed by atoms with Crippen molar-refractivity contribution in [1.82, 2.24) is 0 Å². The molecule has 0 unspecified atom stereocenters. The second-order valence-corrected chi connectivity index (χ2v) is 7.95. The Morgan fingerprint density at radius 2 is 1.74 bits per heavy atom. The first-order chi connectivity index (χ1) is 10.9. The smallest absolute Gasteiger partial charge is 0.281 e. The molecule has 0 radical (unpaired) electrons. The van der Waals surface area contributed by atoms with Gasteiger partial charge < -0.3 is 9.47 Å². The van der Waals surface area contributed by atoms with E-state index in [0.717, 1.165) is 5.56 Å². The van der Waals surface area contributed by atoms with E-state index in [1.807, 2.05) is 51.1 Å². The van der Waals surface area contributed by atoms with Crippen LogP contribution < -0.4 is 0 Å². The molecule has 0 saturated carbocycles. The van der Waals surface area contributed by atoms with Crippen LogP contribution in [0, 0.1) is 11.8 Å². The highest BCUT2D eigenvalue weighted by Gasteiger charge is 2.27. The molecule has 0 amide bonds. The molecule has 5 nitrogen and oxygen atoms in total. The summed E-state index contributed by atoms with van der Waals surface area (Å²) in [5.41, 5.74) is 1.07. The van der Waals surface area contributed by atoms with Crippen molar-refractivity contribution in [1.29, 1.82) is 0 Å². The molecule has 2 atom stereocenters. The van der Waals surface area contributed by atoms with E-state index in [1.165, 1.54) is 0 Å². The minimum Gasteiger partial charge on any atom is -0.355 e. The van der Waals surface area contributed by atoms with Crippen LogP contribution in [0.1, 0.15) is 26.3 Å². The fourth-order valence-corrected chi connectivity index (χ4v) is 3.14. The van der Waals surface area contributed by atoms with Gasteiger partial charge in [0, 0.05) is 5.92 Å². The SMILES string of the molecule is CC(C)[C@@H](OS(=O)(=O)CCl)[C@@H](C)COCOCc1ccccc1. The number of alkyl halides is 1. The van der Waals surface area contributed by atoms with Gasteiger partial charge in [0.25, 0.3) is 10.1 Å². The molecule has 1 rings (SSSR count). The molecule has 1 aromatic carbocycles. The van der Waals surface area contributed by atoms with E-state index < -0.39 is 21.4 Å². The number of hydrogen-bond acceptors (Lipinski definition) is 5. The molecule has 0 spiro atoms. The third-order valence-electron chi connectivity index (χ3n) is 3.27. The predicted molar refractivity (Wildman–Crippen MR) is 90.6 cm³/mol. The predicted octanol–water partition coefficient (Wildman–Crippen LogP) is 3.38. The average Bonchev–Trinajstić information content (AvgIpc) is 2.53. The molecule has 0 fully saturated rings. The number of hydrogen-bond donors (Lipinski definition) is 0. The topological polar surface area (TPSA) is 61.8 Å². The van der Waals surface area contributed by atoms with Gasteiger partial charge in [-0.25, -0.2) is 0 Å². The van der Waals surface area contributed by atoms with Crippen LogP contribution in [0.4, 0.5) is 0 Å². The number of ether oxygens (including phenoxy) is 2. The van der Waals surface area contributed by atoms with Crippen molar-refractivity contribution in [3.63, 3.8) is 0 Å². The minimum atomic E-state index is -3.70. The summed E-state index contributed by atoms with van der Waals surface area (Å²) in [6.45, 7) is 6.64. The monoisotopic (exact) mass is 364 g/mol. The number of halogens is 1. The van der Waals surface area contributed by atoms with Crippen molar-refractivity contribution in [3.8, 4) is 0 Å². The van der Waals surface area contributed by atoms with E-state index in [9.17, 15) is 8.42 Å². The Kier molecular flexibility index (Phi) is 9.09. The van der Waals surface area contributed by atoms with Gasteiger partial charge in [0.05, 0.1) is 19.3 Å². The maximum atomic E-state index is 11.5. The van der Waals surface area contributed by atoms with Crippen LogP contribution in [0.3, 0.4) is 0 Å². The van der Waals surface area contributed by atoms with Gasteiger partial charge in [-0.2, -0.15) is 8.42 Å². The van der Waals surface area contributed by atoms with Crippen LogP contribution >= 0.6 is 11.6 Å². The molecule has 0 N–H and O–H groups in total. The van der Waals surface area contributed by atoms with Crippen LogP contribution in [0.2, 0.25) is 0 Å². The summed E-state index contributed by atoms with van der Waals surface area (Å²) in [7, 11) is -3.70. The molecule has 0 bridgehead atoms. The summed E-state index contributed by atoms with van der Waals surface area (Å²) in [6, 6.07) is 9.79. The lowest BCUT2D eigenvalue weighted by atomic mass is 9.96. The largest absolute Gasteiger partial charge is 0.355 e.